The fourth-order valence-electron chi connectivity index (χ4n) is 2.91. The van der Waals surface area contributed by atoms with E-state index in [-0.39, 0.29) is 28.4 Å². The number of rotatable bonds is 9. The third-order valence-corrected chi connectivity index (χ3v) is 5.82. The van der Waals surface area contributed by atoms with E-state index in [1.165, 1.54) is 41.7 Å². The Morgan fingerprint density at radius 3 is 2.41 bits per heavy atom. The average Bonchev–Trinajstić information content (AvgIpc) is 3.34. The number of thiophene rings is 1. The number of hydrogen-bond donors (Lipinski definition) is 4. The Labute approximate surface area is 203 Å². The topological polar surface area (TPSA) is 148 Å². The third-order valence-electron chi connectivity index (χ3n) is 4.64. The van der Waals surface area contributed by atoms with Gasteiger partial charge in [-0.05, 0) is 47.3 Å². The molecular formula is C23H19ClN3O6S-. The van der Waals surface area contributed by atoms with Crippen LogP contribution in [0.2, 0.25) is 5.02 Å². The number of halogens is 1. The molecule has 176 valence electrons. The van der Waals surface area contributed by atoms with Crippen molar-refractivity contribution in [1.29, 1.82) is 0 Å². The molecule has 1 aromatic heterocycles. The zero-order valence-electron chi connectivity index (χ0n) is 17.5. The first-order valence-electron chi connectivity index (χ1n) is 9.93. The van der Waals surface area contributed by atoms with E-state index in [1.54, 1.807) is 29.6 Å². The Kier molecular flexibility index (Phi) is 8.23. The number of carboxylic acids is 1. The number of nitrogens with one attached hydrogen (secondary N) is 3. The molecule has 34 heavy (non-hydrogen) atoms. The summed E-state index contributed by atoms with van der Waals surface area (Å²) in [4.78, 5) is 48.8. The van der Waals surface area contributed by atoms with E-state index in [0.717, 1.165) is 0 Å². The summed E-state index contributed by atoms with van der Waals surface area (Å²) in [5, 5.41) is 29.9. The van der Waals surface area contributed by atoms with Crippen LogP contribution in [0.4, 0.5) is 0 Å². The molecule has 1 atom stereocenters. The maximum atomic E-state index is 12.6. The number of aliphatic carboxylic acids is 1. The van der Waals surface area contributed by atoms with E-state index in [2.05, 4.69) is 16.0 Å². The smallest absolute Gasteiger partial charge is 0.261 e. The van der Waals surface area contributed by atoms with Crippen molar-refractivity contribution in [3.8, 4) is 5.75 Å². The number of amides is 3. The lowest BCUT2D eigenvalue weighted by atomic mass is 10.1. The summed E-state index contributed by atoms with van der Waals surface area (Å²) in [6, 6.07) is 12.1. The van der Waals surface area contributed by atoms with Gasteiger partial charge in [-0.1, -0.05) is 29.8 Å². The molecule has 0 bridgehead atoms. The second-order valence-corrected chi connectivity index (χ2v) is 8.43. The number of phenolic OH excluding ortho intramolecular Hbond substituents is 1. The van der Waals surface area contributed by atoms with Crippen LogP contribution in [0, 0.1) is 0 Å². The van der Waals surface area contributed by atoms with Gasteiger partial charge in [-0.3, -0.25) is 14.4 Å². The number of carbonyl (C=O) groups excluding carboxylic acids is 4. The molecule has 0 spiro atoms. The highest BCUT2D eigenvalue weighted by molar-refractivity contribution is 7.12. The van der Waals surface area contributed by atoms with Gasteiger partial charge < -0.3 is 31.0 Å². The van der Waals surface area contributed by atoms with Crippen molar-refractivity contribution < 1.29 is 29.4 Å². The fourth-order valence-corrected chi connectivity index (χ4v) is 3.82. The van der Waals surface area contributed by atoms with Crippen molar-refractivity contribution in [2.45, 2.75) is 12.6 Å². The van der Waals surface area contributed by atoms with Crippen LogP contribution < -0.4 is 21.1 Å². The summed E-state index contributed by atoms with van der Waals surface area (Å²) in [7, 11) is 0. The first-order valence-corrected chi connectivity index (χ1v) is 11.2. The highest BCUT2D eigenvalue weighted by atomic mass is 35.5. The van der Waals surface area contributed by atoms with Gasteiger partial charge in [0.2, 0.25) is 0 Å². The maximum absolute atomic E-state index is 12.6. The van der Waals surface area contributed by atoms with E-state index in [0.29, 0.717) is 10.4 Å². The maximum Gasteiger partial charge on any atom is 0.261 e. The van der Waals surface area contributed by atoms with Gasteiger partial charge in [0.25, 0.3) is 17.7 Å². The Bertz CT molecular complexity index is 1220. The van der Waals surface area contributed by atoms with Crippen molar-refractivity contribution in [3.05, 3.63) is 86.6 Å². The molecule has 2 aromatic carbocycles. The number of hydrogen-bond acceptors (Lipinski definition) is 7. The number of carbonyl (C=O) groups is 4. The summed E-state index contributed by atoms with van der Waals surface area (Å²) in [6.07, 6.45) is 0. The van der Waals surface area contributed by atoms with E-state index in [1.807, 2.05) is 0 Å². The highest BCUT2D eigenvalue weighted by Gasteiger charge is 2.19. The Morgan fingerprint density at radius 2 is 1.76 bits per heavy atom. The summed E-state index contributed by atoms with van der Waals surface area (Å²) >= 11 is 7.35. The Morgan fingerprint density at radius 1 is 0.971 bits per heavy atom. The Balaban J connectivity index is 1.60. The largest absolute Gasteiger partial charge is 0.548 e. The van der Waals surface area contributed by atoms with E-state index < -0.39 is 36.3 Å². The lowest BCUT2D eigenvalue weighted by molar-refractivity contribution is -0.307. The number of phenols is 1. The van der Waals surface area contributed by atoms with Crippen molar-refractivity contribution in [3.63, 3.8) is 0 Å². The van der Waals surface area contributed by atoms with Gasteiger partial charge in [-0.15, -0.1) is 11.3 Å². The molecule has 0 fully saturated rings. The highest BCUT2D eigenvalue weighted by Crippen LogP contribution is 2.19. The first-order chi connectivity index (χ1) is 16.2. The van der Waals surface area contributed by atoms with Crippen LogP contribution >= 0.6 is 22.9 Å². The van der Waals surface area contributed by atoms with Crippen molar-refractivity contribution in [1.82, 2.24) is 16.0 Å². The molecule has 3 amide bonds. The third kappa shape index (κ3) is 6.56. The van der Waals surface area contributed by atoms with Crippen molar-refractivity contribution in [2.75, 3.05) is 6.54 Å². The number of aromatic hydroxyl groups is 1. The summed E-state index contributed by atoms with van der Waals surface area (Å²) in [5.41, 5.74) is 0.818. The molecule has 0 aliphatic heterocycles. The van der Waals surface area contributed by atoms with E-state index >= 15 is 0 Å². The van der Waals surface area contributed by atoms with Crippen LogP contribution in [0.5, 0.6) is 5.75 Å². The van der Waals surface area contributed by atoms with Gasteiger partial charge in [-0.2, -0.15) is 0 Å². The van der Waals surface area contributed by atoms with Crippen LogP contribution in [-0.2, 0) is 11.3 Å². The molecule has 0 radical (unpaired) electrons. The second-order valence-electron chi connectivity index (χ2n) is 7.08. The molecule has 0 saturated heterocycles. The van der Waals surface area contributed by atoms with Crippen molar-refractivity contribution in [2.24, 2.45) is 0 Å². The van der Waals surface area contributed by atoms with Gasteiger partial charge in [0.15, 0.2) is 0 Å². The molecule has 0 saturated carbocycles. The minimum atomic E-state index is -1.58. The van der Waals surface area contributed by atoms with Crippen LogP contribution in [0.1, 0.15) is 36.0 Å². The zero-order chi connectivity index (χ0) is 24.7. The predicted molar refractivity (Wildman–Crippen MR) is 124 cm³/mol. The van der Waals surface area contributed by atoms with Gasteiger partial charge in [-0.25, -0.2) is 0 Å². The molecule has 4 N–H and O–H groups in total. The molecule has 1 unspecified atom stereocenters. The molecule has 0 aliphatic carbocycles. The summed E-state index contributed by atoms with van der Waals surface area (Å²) in [6.45, 7) is -0.227. The van der Waals surface area contributed by atoms with Crippen LogP contribution in [0.15, 0.2) is 60.0 Å². The molecule has 1 heterocycles. The number of carboxylic acid groups (broad SMARTS) is 1. The summed E-state index contributed by atoms with van der Waals surface area (Å²) < 4.78 is 0. The molecule has 3 aromatic rings. The average molecular weight is 501 g/mol. The normalized spacial score (nSPS) is 11.3. The molecule has 9 nitrogen and oxygen atoms in total. The quantitative estimate of drug-likeness (QED) is 0.348. The lowest BCUT2D eigenvalue weighted by Crippen LogP contribution is -2.53. The molecular weight excluding hydrogens is 482 g/mol. The van der Waals surface area contributed by atoms with E-state index in [4.69, 9.17) is 11.6 Å². The number of benzene rings is 2. The van der Waals surface area contributed by atoms with Crippen LogP contribution in [-0.4, -0.2) is 41.4 Å². The molecule has 0 aliphatic rings. The van der Waals surface area contributed by atoms with Crippen LogP contribution in [0.3, 0.4) is 0 Å². The minimum Gasteiger partial charge on any atom is -0.548 e. The lowest BCUT2D eigenvalue weighted by Gasteiger charge is -2.20. The van der Waals surface area contributed by atoms with Gasteiger partial charge in [0.1, 0.15) is 5.75 Å². The molecule has 11 heteroatoms. The Hall–Kier alpha value is -3.89. The van der Waals surface area contributed by atoms with Crippen LogP contribution in [0.25, 0.3) is 0 Å². The fraction of sp³-hybridized carbons (Fsp3) is 0.130. The SMILES string of the molecule is O=C(NCc1cccc(O)c1)c1ccc(C(=O)NC(CNC(=O)c2cccs2)C(=O)[O-])c(Cl)c1. The van der Waals surface area contributed by atoms with Gasteiger partial charge >= 0.3 is 0 Å². The predicted octanol–water partition coefficient (Wildman–Crippen LogP) is 1.32. The van der Waals surface area contributed by atoms with Crippen molar-refractivity contribution >= 4 is 46.6 Å². The minimum absolute atomic E-state index is 0.0537. The molecule has 3 rings (SSSR count). The summed E-state index contributed by atoms with van der Waals surface area (Å²) in [5.74, 6) is -3.25. The van der Waals surface area contributed by atoms with E-state index in [9.17, 15) is 29.4 Å². The monoisotopic (exact) mass is 500 g/mol. The van der Waals surface area contributed by atoms with Gasteiger partial charge in [0.05, 0.1) is 27.5 Å². The first kappa shape index (κ1) is 24.7. The standard InChI is InChI=1S/C23H20ClN3O6S/c24-17-10-14(20(29)25-11-13-3-1-4-15(28)9-13)6-7-16(17)21(30)27-18(23(32)33)12-26-22(31)19-5-2-8-34-19/h1-10,18,28H,11-12H2,(H,25,29)(H,26,31)(H,27,30)(H,32,33)/p-1. The second kappa shape index (κ2) is 11.3. The zero-order valence-corrected chi connectivity index (χ0v) is 19.1. The van der Waals surface area contributed by atoms with Gasteiger partial charge in [0, 0.05) is 18.7 Å².